The molecule has 0 aromatic heterocycles. The van der Waals surface area contributed by atoms with Gasteiger partial charge in [-0.05, 0) is 84.3 Å². The van der Waals surface area contributed by atoms with E-state index in [2.05, 4.69) is 121 Å². The summed E-state index contributed by atoms with van der Waals surface area (Å²) in [7, 11) is 0. The molecule has 194 valence electrons. The summed E-state index contributed by atoms with van der Waals surface area (Å²) < 4.78 is 1.10. The minimum atomic E-state index is 0.787. The first-order valence-electron chi connectivity index (χ1n) is 14.3. The van der Waals surface area contributed by atoms with Crippen LogP contribution in [0.3, 0.4) is 0 Å². The highest BCUT2D eigenvalue weighted by atomic mass is 79.9. The van der Waals surface area contributed by atoms with E-state index in [0.717, 1.165) is 16.3 Å². The zero-order valence-corrected chi connectivity index (χ0v) is 24.6. The Bertz CT molecular complexity index is 929. The molecule has 2 heteroatoms. The van der Waals surface area contributed by atoms with E-state index in [1.54, 1.807) is 0 Å². The van der Waals surface area contributed by atoms with Gasteiger partial charge in [0.15, 0.2) is 0 Å². The molecule has 3 aromatic rings. The molecule has 0 saturated heterocycles. The van der Waals surface area contributed by atoms with Crippen molar-refractivity contribution in [1.82, 2.24) is 0 Å². The quantitative estimate of drug-likeness (QED) is 0.183. The van der Waals surface area contributed by atoms with Crippen LogP contribution in [0.15, 0.2) is 77.3 Å². The maximum Gasteiger partial charge on any atom is 0.0462 e. The summed E-state index contributed by atoms with van der Waals surface area (Å²) in [6, 6.07) is 27.2. The van der Waals surface area contributed by atoms with Gasteiger partial charge < -0.3 is 4.90 Å². The highest BCUT2D eigenvalue weighted by molar-refractivity contribution is 9.10. The van der Waals surface area contributed by atoms with Gasteiger partial charge in [0.05, 0.1) is 0 Å². The number of rotatable bonds is 15. The van der Waals surface area contributed by atoms with Gasteiger partial charge in [0.25, 0.3) is 0 Å². The van der Waals surface area contributed by atoms with Crippen LogP contribution in [0.4, 0.5) is 17.1 Å². The van der Waals surface area contributed by atoms with E-state index < -0.39 is 0 Å². The van der Waals surface area contributed by atoms with Crippen molar-refractivity contribution in [2.24, 2.45) is 11.8 Å². The second-order valence-electron chi connectivity index (χ2n) is 10.4. The van der Waals surface area contributed by atoms with Crippen molar-refractivity contribution in [3.8, 4) is 0 Å². The molecule has 0 spiro atoms. The predicted octanol–water partition coefficient (Wildman–Crippen LogP) is 11.4. The maximum atomic E-state index is 3.60. The van der Waals surface area contributed by atoms with E-state index in [9.17, 15) is 0 Å². The second kappa shape index (κ2) is 15.3. The molecule has 2 unspecified atom stereocenters. The topological polar surface area (TPSA) is 3.24 Å². The first kappa shape index (κ1) is 28.5. The van der Waals surface area contributed by atoms with E-state index in [4.69, 9.17) is 0 Å². The zero-order valence-electron chi connectivity index (χ0n) is 23.0. The normalized spacial score (nSPS) is 12.9. The molecule has 0 bridgehead atoms. The summed E-state index contributed by atoms with van der Waals surface area (Å²) >= 11 is 3.60. The zero-order chi connectivity index (χ0) is 25.8. The fraction of sp³-hybridized carbons (Fsp3) is 0.471. The molecule has 36 heavy (non-hydrogen) atoms. The molecule has 3 rings (SSSR count). The van der Waals surface area contributed by atoms with E-state index in [-0.39, 0.29) is 0 Å². The molecular formula is C34H46BrN. The van der Waals surface area contributed by atoms with Gasteiger partial charge in [-0.25, -0.2) is 0 Å². The van der Waals surface area contributed by atoms with Crippen LogP contribution in [0, 0.1) is 11.8 Å². The summed E-state index contributed by atoms with van der Waals surface area (Å²) in [6.07, 6.45) is 12.8. The van der Waals surface area contributed by atoms with Crippen molar-refractivity contribution in [2.45, 2.75) is 91.9 Å². The molecule has 0 aliphatic carbocycles. The third-order valence-corrected chi connectivity index (χ3v) is 8.14. The highest BCUT2D eigenvalue weighted by Crippen LogP contribution is 2.36. The van der Waals surface area contributed by atoms with Crippen LogP contribution in [-0.4, -0.2) is 0 Å². The number of halogens is 1. The van der Waals surface area contributed by atoms with E-state index >= 15 is 0 Å². The maximum absolute atomic E-state index is 3.60. The Hall–Kier alpha value is -2.06. The van der Waals surface area contributed by atoms with Crippen molar-refractivity contribution < 1.29 is 0 Å². The third kappa shape index (κ3) is 8.51. The fourth-order valence-electron chi connectivity index (χ4n) is 5.15. The summed E-state index contributed by atoms with van der Waals surface area (Å²) in [5, 5.41) is 0. The second-order valence-corrected chi connectivity index (χ2v) is 11.3. The molecule has 0 aliphatic rings. The average molecular weight is 549 g/mol. The van der Waals surface area contributed by atoms with Crippen LogP contribution in [0.1, 0.15) is 90.2 Å². The Labute approximate surface area is 229 Å². The molecule has 0 fully saturated rings. The number of unbranched alkanes of at least 4 members (excludes halogenated alkanes) is 2. The molecule has 0 radical (unpaired) electrons. The summed E-state index contributed by atoms with van der Waals surface area (Å²) in [4.78, 5) is 2.38. The van der Waals surface area contributed by atoms with Gasteiger partial charge in [-0.15, -0.1) is 0 Å². The first-order chi connectivity index (χ1) is 17.6. The Morgan fingerprint density at radius 1 is 0.556 bits per heavy atom. The number of hydrogen-bond acceptors (Lipinski definition) is 1. The van der Waals surface area contributed by atoms with Crippen molar-refractivity contribution in [2.75, 3.05) is 4.90 Å². The predicted molar refractivity (Wildman–Crippen MR) is 163 cm³/mol. The SMILES string of the molecule is CCCCC(CC)Cc1ccc(N(c2ccc(Br)cc2)c2ccc(CC(CC)CCCC)cc2)cc1. The van der Waals surface area contributed by atoms with E-state index in [1.165, 1.54) is 92.4 Å². The van der Waals surface area contributed by atoms with Crippen molar-refractivity contribution in [3.05, 3.63) is 88.4 Å². The van der Waals surface area contributed by atoms with Crippen LogP contribution in [-0.2, 0) is 12.8 Å². The lowest BCUT2D eigenvalue weighted by Crippen LogP contribution is -2.11. The van der Waals surface area contributed by atoms with Gasteiger partial charge in [0, 0.05) is 21.5 Å². The van der Waals surface area contributed by atoms with Crippen LogP contribution in [0.2, 0.25) is 0 Å². The monoisotopic (exact) mass is 547 g/mol. The lowest BCUT2D eigenvalue weighted by Gasteiger charge is -2.26. The minimum absolute atomic E-state index is 0.787. The average Bonchev–Trinajstić information content (AvgIpc) is 2.91. The highest BCUT2D eigenvalue weighted by Gasteiger charge is 2.14. The van der Waals surface area contributed by atoms with Crippen LogP contribution in [0.5, 0.6) is 0 Å². The summed E-state index contributed by atoms with van der Waals surface area (Å²) in [5.74, 6) is 1.57. The van der Waals surface area contributed by atoms with E-state index in [0.29, 0.717) is 0 Å². The van der Waals surface area contributed by atoms with Crippen molar-refractivity contribution in [1.29, 1.82) is 0 Å². The fourth-order valence-corrected chi connectivity index (χ4v) is 5.42. The number of nitrogens with zero attached hydrogens (tertiary/aromatic N) is 1. The Balaban J connectivity index is 1.83. The molecule has 3 aromatic carbocycles. The van der Waals surface area contributed by atoms with Crippen LogP contribution < -0.4 is 4.90 Å². The Kier molecular flexibility index (Phi) is 12.1. The van der Waals surface area contributed by atoms with Gasteiger partial charge in [0.2, 0.25) is 0 Å². The summed E-state index contributed by atoms with van der Waals surface area (Å²) in [5.41, 5.74) is 6.51. The number of hydrogen-bond donors (Lipinski definition) is 0. The Morgan fingerprint density at radius 2 is 0.917 bits per heavy atom. The minimum Gasteiger partial charge on any atom is -0.311 e. The lowest BCUT2D eigenvalue weighted by atomic mass is 9.91. The molecule has 0 N–H and O–H groups in total. The lowest BCUT2D eigenvalue weighted by molar-refractivity contribution is 0.449. The van der Waals surface area contributed by atoms with Gasteiger partial charge >= 0.3 is 0 Å². The Morgan fingerprint density at radius 3 is 1.25 bits per heavy atom. The molecule has 0 amide bonds. The molecule has 0 saturated carbocycles. The standard InChI is InChI=1S/C34H46BrN/c1-5-9-11-27(7-3)25-29-13-19-32(20-14-29)36(34-23-17-31(35)18-24-34)33-21-15-30(16-22-33)26-28(8-4)12-10-6-2/h13-24,27-28H,5-12,25-26H2,1-4H3. The van der Waals surface area contributed by atoms with Crippen molar-refractivity contribution >= 4 is 33.0 Å². The molecular weight excluding hydrogens is 502 g/mol. The van der Waals surface area contributed by atoms with E-state index in [1.807, 2.05) is 0 Å². The largest absolute Gasteiger partial charge is 0.311 e. The third-order valence-electron chi connectivity index (χ3n) is 7.61. The smallest absolute Gasteiger partial charge is 0.0462 e. The number of benzene rings is 3. The van der Waals surface area contributed by atoms with Crippen LogP contribution in [0.25, 0.3) is 0 Å². The van der Waals surface area contributed by atoms with Gasteiger partial charge in [-0.3, -0.25) is 0 Å². The molecule has 0 aliphatic heterocycles. The van der Waals surface area contributed by atoms with Gasteiger partial charge in [0.1, 0.15) is 0 Å². The van der Waals surface area contributed by atoms with Gasteiger partial charge in [-0.1, -0.05) is 119 Å². The molecule has 0 heterocycles. The molecule has 2 atom stereocenters. The molecule has 1 nitrogen and oxygen atoms in total. The van der Waals surface area contributed by atoms with Crippen molar-refractivity contribution in [3.63, 3.8) is 0 Å². The van der Waals surface area contributed by atoms with Gasteiger partial charge in [-0.2, -0.15) is 0 Å². The van der Waals surface area contributed by atoms with Crippen LogP contribution >= 0.6 is 15.9 Å². The summed E-state index contributed by atoms with van der Waals surface area (Å²) in [6.45, 7) is 9.25. The first-order valence-corrected chi connectivity index (χ1v) is 15.1. The number of anilines is 3.